The van der Waals surface area contributed by atoms with Crippen molar-refractivity contribution in [1.29, 1.82) is 5.26 Å². The highest BCUT2D eigenvalue weighted by Gasteiger charge is 2.12. The van der Waals surface area contributed by atoms with Crippen LogP contribution in [0.1, 0.15) is 11.1 Å². The van der Waals surface area contributed by atoms with Gasteiger partial charge in [-0.3, -0.25) is 9.59 Å². The average Bonchev–Trinajstić information content (AvgIpc) is 2.72. The zero-order chi connectivity index (χ0) is 19.9. The van der Waals surface area contributed by atoms with Crippen LogP contribution in [0.5, 0.6) is 0 Å². The van der Waals surface area contributed by atoms with E-state index in [1.54, 1.807) is 37.4 Å². The summed E-state index contributed by atoms with van der Waals surface area (Å²) in [7, 11) is 1.58. The van der Waals surface area contributed by atoms with Crippen molar-refractivity contribution in [1.82, 2.24) is 4.90 Å². The number of fused-ring (bicyclic) bond motifs is 1. The third kappa shape index (κ3) is 4.63. The number of hydrogen-bond donors (Lipinski definition) is 1. The van der Waals surface area contributed by atoms with Gasteiger partial charge in [-0.2, -0.15) is 5.26 Å². The molecule has 5 heteroatoms. The zero-order valence-corrected chi connectivity index (χ0v) is 15.4. The van der Waals surface area contributed by atoms with Crippen molar-refractivity contribution < 1.29 is 9.59 Å². The molecular formula is C23H19N3O2. The van der Waals surface area contributed by atoms with Gasteiger partial charge in [0.25, 0.3) is 0 Å². The molecule has 0 saturated heterocycles. The summed E-state index contributed by atoms with van der Waals surface area (Å²) in [6, 6.07) is 22.4. The van der Waals surface area contributed by atoms with Crippen molar-refractivity contribution in [2.24, 2.45) is 0 Å². The van der Waals surface area contributed by atoms with Gasteiger partial charge < -0.3 is 10.2 Å². The van der Waals surface area contributed by atoms with Gasteiger partial charge in [-0.15, -0.1) is 0 Å². The van der Waals surface area contributed by atoms with E-state index in [4.69, 9.17) is 5.26 Å². The van der Waals surface area contributed by atoms with Crippen LogP contribution >= 0.6 is 0 Å². The molecule has 28 heavy (non-hydrogen) atoms. The van der Waals surface area contributed by atoms with E-state index in [0.717, 1.165) is 22.0 Å². The van der Waals surface area contributed by atoms with Gasteiger partial charge in [0.15, 0.2) is 0 Å². The van der Waals surface area contributed by atoms with E-state index in [9.17, 15) is 9.59 Å². The first-order valence-electron chi connectivity index (χ1n) is 8.78. The summed E-state index contributed by atoms with van der Waals surface area (Å²) in [5.74, 6) is -0.545. The minimum Gasteiger partial charge on any atom is -0.333 e. The number of benzene rings is 3. The van der Waals surface area contributed by atoms with Crippen LogP contribution in [0.4, 0.5) is 5.69 Å². The number of nitrogens with one attached hydrogen (secondary N) is 1. The third-order valence-electron chi connectivity index (χ3n) is 4.28. The third-order valence-corrected chi connectivity index (χ3v) is 4.28. The van der Waals surface area contributed by atoms with E-state index in [2.05, 4.69) is 5.32 Å². The van der Waals surface area contributed by atoms with Crippen LogP contribution in [0.15, 0.2) is 72.8 Å². The molecule has 1 N–H and O–H groups in total. The highest BCUT2D eigenvalue weighted by atomic mass is 16.2. The molecule has 2 amide bonds. The zero-order valence-electron chi connectivity index (χ0n) is 15.4. The molecule has 5 nitrogen and oxygen atoms in total. The van der Waals surface area contributed by atoms with Crippen molar-refractivity contribution in [2.45, 2.75) is 0 Å². The number of carbonyl (C=O) groups excluding carboxylic acids is 2. The number of rotatable bonds is 5. The van der Waals surface area contributed by atoms with Gasteiger partial charge >= 0.3 is 0 Å². The Morgan fingerprint density at radius 1 is 1.04 bits per heavy atom. The molecule has 0 aliphatic carbocycles. The van der Waals surface area contributed by atoms with Crippen LogP contribution in [0.3, 0.4) is 0 Å². The summed E-state index contributed by atoms with van der Waals surface area (Å²) in [6.07, 6.45) is 3.06. The second-order valence-electron chi connectivity index (χ2n) is 6.34. The Bertz CT molecular complexity index is 1070. The molecule has 0 aliphatic rings. The minimum absolute atomic E-state index is 0.0558. The molecule has 0 atom stereocenters. The smallest absolute Gasteiger partial charge is 0.246 e. The summed E-state index contributed by atoms with van der Waals surface area (Å²) >= 11 is 0. The summed E-state index contributed by atoms with van der Waals surface area (Å²) in [6.45, 7) is -0.0558. The van der Waals surface area contributed by atoms with Crippen molar-refractivity contribution in [3.05, 3.63) is 83.9 Å². The fraction of sp³-hybridized carbons (Fsp3) is 0.0870. The maximum Gasteiger partial charge on any atom is 0.246 e. The molecule has 3 aromatic rings. The Kier molecular flexibility index (Phi) is 5.83. The molecule has 0 saturated carbocycles. The molecule has 138 valence electrons. The number of amides is 2. The first-order valence-corrected chi connectivity index (χ1v) is 8.78. The van der Waals surface area contributed by atoms with Crippen molar-refractivity contribution in [2.75, 3.05) is 18.9 Å². The molecule has 0 heterocycles. The van der Waals surface area contributed by atoms with Crippen LogP contribution in [0.25, 0.3) is 16.8 Å². The first-order chi connectivity index (χ1) is 13.6. The van der Waals surface area contributed by atoms with Crippen molar-refractivity contribution in [3.8, 4) is 6.07 Å². The summed E-state index contributed by atoms with van der Waals surface area (Å²) in [4.78, 5) is 26.0. The van der Waals surface area contributed by atoms with Gasteiger partial charge in [-0.25, -0.2) is 0 Å². The summed E-state index contributed by atoms with van der Waals surface area (Å²) in [5.41, 5.74) is 2.09. The second kappa shape index (κ2) is 8.65. The fourth-order valence-corrected chi connectivity index (χ4v) is 2.78. The average molecular weight is 369 g/mol. The lowest BCUT2D eigenvalue weighted by atomic mass is 10.1. The van der Waals surface area contributed by atoms with Crippen molar-refractivity contribution in [3.63, 3.8) is 0 Å². The molecule has 3 rings (SSSR count). The second-order valence-corrected chi connectivity index (χ2v) is 6.34. The number of hydrogen-bond acceptors (Lipinski definition) is 3. The molecule has 0 spiro atoms. The fourth-order valence-electron chi connectivity index (χ4n) is 2.78. The monoisotopic (exact) mass is 369 g/mol. The maximum absolute atomic E-state index is 12.4. The van der Waals surface area contributed by atoms with Gasteiger partial charge in [0.1, 0.15) is 0 Å². The van der Waals surface area contributed by atoms with E-state index in [0.29, 0.717) is 5.56 Å². The predicted molar refractivity (Wildman–Crippen MR) is 110 cm³/mol. The molecule has 0 radical (unpaired) electrons. The SMILES string of the molecule is CN(CC(=O)Nc1cccc2ccccc12)C(=O)/C=C/c1ccc(C#N)cc1. The van der Waals surface area contributed by atoms with E-state index < -0.39 is 0 Å². The van der Waals surface area contributed by atoms with Crippen LogP contribution in [-0.2, 0) is 9.59 Å². The topological polar surface area (TPSA) is 73.2 Å². The normalized spacial score (nSPS) is 10.6. The van der Waals surface area contributed by atoms with Crippen LogP contribution in [0, 0.1) is 11.3 Å². The van der Waals surface area contributed by atoms with E-state index in [1.165, 1.54) is 11.0 Å². The van der Waals surface area contributed by atoms with Gasteiger partial charge in [-0.1, -0.05) is 48.5 Å². The predicted octanol–water partition coefficient (Wildman–Crippen LogP) is 3.82. The van der Waals surface area contributed by atoms with Crippen LogP contribution in [0.2, 0.25) is 0 Å². The number of carbonyl (C=O) groups is 2. The van der Waals surface area contributed by atoms with Gasteiger partial charge in [0.2, 0.25) is 11.8 Å². The Labute approximate surface area is 163 Å². The summed E-state index contributed by atoms with van der Waals surface area (Å²) < 4.78 is 0. The number of nitriles is 1. The quantitative estimate of drug-likeness (QED) is 0.695. The lowest BCUT2D eigenvalue weighted by Crippen LogP contribution is -2.33. The van der Waals surface area contributed by atoms with E-state index in [1.807, 2.05) is 48.5 Å². The Hall–Kier alpha value is -3.91. The molecule has 0 fully saturated rings. The van der Waals surface area contributed by atoms with Gasteiger partial charge in [0, 0.05) is 24.2 Å². The Balaban J connectivity index is 1.60. The van der Waals surface area contributed by atoms with Crippen molar-refractivity contribution >= 4 is 34.4 Å². The van der Waals surface area contributed by atoms with Gasteiger partial charge in [-0.05, 0) is 35.2 Å². The highest BCUT2D eigenvalue weighted by Crippen LogP contribution is 2.22. The molecule has 0 bridgehead atoms. The largest absolute Gasteiger partial charge is 0.333 e. The minimum atomic E-state index is -0.280. The summed E-state index contributed by atoms with van der Waals surface area (Å²) in [5, 5.41) is 13.7. The van der Waals surface area contributed by atoms with Gasteiger partial charge in [0.05, 0.1) is 18.2 Å². The molecule has 0 unspecified atom stereocenters. The molecule has 3 aromatic carbocycles. The Morgan fingerprint density at radius 2 is 1.75 bits per heavy atom. The first kappa shape index (κ1) is 18.9. The number of anilines is 1. The van der Waals surface area contributed by atoms with E-state index >= 15 is 0 Å². The van der Waals surface area contributed by atoms with E-state index in [-0.39, 0.29) is 18.4 Å². The Morgan fingerprint density at radius 3 is 2.50 bits per heavy atom. The lowest BCUT2D eigenvalue weighted by molar-refractivity contribution is -0.129. The highest BCUT2D eigenvalue weighted by molar-refractivity contribution is 6.04. The number of likely N-dealkylation sites (N-methyl/N-ethyl adjacent to an activating group) is 1. The van der Waals surface area contributed by atoms with Crippen LogP contribution in [-0.4, -0.2) is 30.3 Å². The molecule has 0 aromatic heterocycles. The van der Waals surface area contributed by atoms with Crippen LogP contribution < -0.4 is 5.32 Å². The molecular weight excluding hydrogens is 350 g/mol. The standard InChI is InChI=1S/C23H19N3O2/c1-26(23(28)14-13-17-9-11-18(15-24)12-10-17)16-22(27)25-21-8-4-6-19-5-2-3-7-20(19)21/h2-14H,16H2,1H3,(H,25,27)/b14-13+. The molecule has 0 aliphatic heterocycles. The number of nitrogens with zero attached hydrogens (tertiary/aromatic N) is 2. The lowest BCUT2D eigenvalue weighted by Gasteiger charge is -2.15. The maximum atomic E-state index is 12.4.